The zero-order valence-corrected chi connectivity index (χ0v) is 17.3. The first-order valence-electron chi connectivity index (χ1n) is 7.22. The molecule has 20 heteroatoms. The Kier molecular flexibility index (Phi) is 7.54. The van der Waals surface area contributed by atoms with Crippen LogP contribution in [-0.2, 0) is 31.6 Å². The highest BCUT2D eigenvalue weighted by molar-refractivity contribution is 7.71. The normalized spacial score (nSPS) is 29.3. The van der Waals surface area contributed by atoms with Gasteiger partial charge in [0.15, 0.2) is 11.0 Å². The number of phosphoric ester groups is 1. The predicted molar refractivity (Wildman–Crippen MR) is 91.6 cm³/mol. The number of phosphoric acid groups is 3. The zero-order chi connectivity index (χ0) is 22.2. The molecule has 1 aliphatic heterocycles. The molecule has 0 bridgehead atoms. The van der Waals surface area contributed by atoms with E-state index < -0.39 is 60.2 Å². The van der Waals surface area contributed by atoms with Crippen molar-refractivity contribution in [2.75, 3.05) is 6.61 Å². The van der Waals surface area contributed by atoms with E-state index in [1.165, 1.54) is 0 Å². The van der Waals surface area contributed by atoms with Gasteiger partial charge < -0.3 is 34.5 Å². The second kappa shape index (κ2) is 8.86. The summed E-state index contributed by atoms with van der Waals surface area (Å²) in [6.07, 6.45) is -4.97. The van der Waals surface area contributed by atoms with Crippen LogP contribution in [0.1, 0.15) is 6.23 Å². The van der Waals surface area contributed by atoms with Crippen LogP contribution in [0, 0.1) is 4.77 Å². The highest BCUT2D eigenvalue weighted by atomic mass is 32.1. The second-order valence-corrected chi connectivity index (χ2v) is 10.3. The first-order chi connectivity index (χ1) is 13.1. The molecule has 0 saturated carbocycles. The van der Waals surface area contributed by atoms with E-state index in [2.05, 4.69) is 18.1 Å². The lowest BCUT2D eigenvalue weighted by molar-refractivity contribution is -0.0533. The number of nitrogens with one attached hydrogen (secondary N) is 1. The summed E-state index contributed by atoms with van der Waals surface area (Å²) < 4.78 is 51.1. The summed E-state index contributed by atoms with van der Waals surface area (Å²) in [4.78, 5) is 48.8. The van der Waals surface area contributed by atoms with Crippen LogP contribution in [0.15, 0.2) is 17.1 Å². The Labute approximate surface area is 165 Å². The average Bonchev–Trinajstić information content (AvgIpc) is 2.78. The molecule has 0 aliphatic carbocycles. The van der Waals surface area contributed by atoms with E-state index in [1.807, 2.05) is 0 Å². The number of ether oxygens (including phenoxy) is 1. The van der Waals surface area contributed by atoms with Crippen molar-refractivity contribution in [1.82, 2.24) is 9.55 Å². The van der Waals surface area contributed by atoms with Gasteiger partial charge in [-0.05, 0) is 12.2 Å². The van der Waals surface area contributed by atoms with Gasteiger partial charge in [0.2, 0.25) is 0 Å². The van der Waals surface area contributed by atoms with Gasteiger partial charge in [0.25, 0.3) is 5.56 Å². The molecule has 0 amide bonds. The zero-order valence-electron chi connectivity index (χ0n) is 13.8. The number of H-pyrrole nitrogens is 1. The van der Waals surface area contributed by atoms with Crippen molar-refractivity contribution >= 4 is 35.7 Å². The Morgan fingerprint density at radius 1 is 1.10 bits per heavy atom. The molecule has 1 aromatic heterocycles. The Hall–Kier alpha value is -0.610. The van der Waals surface area contributed by atoms with Crippen LogP contribution in [-0.4, -0.2) is 64.3 Å². The summed E-state index contributed by atoms with van der Waals surface area (Å²) in [5.74, 6) is 0. The van der Waals surface area contributed by atoms with Crippen molar-refractivity contribution in [3.8, 4) is 0 Å². The van der Waals surface area contributed by atoms with E-state index >= 15 is 0 Å². The van der Waals surface area contributed by atoms with Crippen molar-refractivity contribution in [1.29, 1.82) is 0 Å². The smallest absolute Gasteiger partial charge is 0.387 e. The summed E-state index contributed by atoms with van der Waals surface area (Å²) in [7, 11) is -16.7. The Balaban J connectivity index is 2.06. The molecule has 2 rings (SSSR count). The van der Waals surface area contributed by atoms with Crippen LogP contribution in [0.4, 0.5) is 0 Å². The van der Waals surface area contributed by atoms with Gasteiger partial charge in [0, 0.05) is 12.3 Å². The maximum Gasteiger partial charge on any atom is 0.490 e. The fourth-order valence-electron chi connectivity index (χ4n) is 2.20. The number of hydrogen-bond acceptors (Lipinski definition) is 11. The summed E-state index contributed by atoms with van der Waals surface area (Å²) in [6, 6.07) is 1.05. The standard InChI is InChI=1S/C9H15N2O14P3S/c12-5-1-2-11(9(29)10-5)8-7(14)6(13)4(23-8)3-22-27(18,19)25-28(20,21)24-26(15,16)17/h1-2,4,6-8,13-14H,3H2,(H,18,19)(H,20,21)(H,10,12,29)(H2,15,16,17). The number of rotatable bonds is 8. The third-order valence-electron chi connectivity index (χ3n) is 3.28. The fourth-order valence-corrected chi connectivity index (χ4v) is 5.49. The Morgan fingerprint density at radius 2 is 1.72 bits per heavy atom. The molecule has 29 heavy (non-hydrogen) atoms. The number of hydrogen-bond donors (Lipinski definition) is 7. The molecule has 1 saturated heterocycles. The van der Waals surface area contributed by atoms with Crippen molar-refractivity contribution in [3.63, 3.8) is 0 Å². The number of nitrogens with zero attached hydrogens (tertiary/aromatic N) is 1. The molecular formula is C9H15N2O14P3S. The van der Waals surface area contributed by atoms with Gasteiger partial charge in [-0.25, -0.2) is 13.7 Å². The van der Waals surface area contributed by atoms with Crippen molar-refractivity contribution in [2.45, 2.75) is 24.5 Å². The van der Waals surface area contributed by atoms with Crippen LogP contribution in [0.2, 0.25) is 0 Å². The number of aliphatic hydroxyl groups is 2. The van der Waals surface area contributed by atoms with E-state index in [4.69, 9.17) is 31.6 Å². The van der Waals surface area contributed by atoms with Gasteiger partial charge in [0.1, 0.15) is 18.3 Å². The van der Waals surface area contributed by atoms with Crippen LogP contribution < -0.4 is 5.56 Å². The number of aromatic nitrogens is 2. The molecule has 6 unspecified atom stereocenters. The molecule has 2 heterocycles. The van der Waals surface area contributed by atoms with Crippen molar-refractivity contribution < 1.29 is 61.4 Å². The van der Waals surface area contributed by atoms with Crippen molar-refractivity contribution in [2.24, 2.45) is 0 Å². The molecule has 16 nitrogen and oxygen atoms in total. The third-order valence-corrected chi connectivity index (χ3v) is 7.40. The molecule has 0 radical (unpaired) electrons. The van der Waals surface area contributed by atoms with Gasteiger partial charge in [-0.15, -0.1) is 0 Å². The number of aliphatic hydroxyl groups excluding tert-OH is 2. The molecule has 166 valence electrons. The van der Waals surface area contributed by atoms with E-state index in [-0.39, 0.29) is 4.77 Å². The molecule has 1 fully saturated rings. The fraction of sp³-hybridized carbons (Fsp3) is 0.556. The van der Waals surface area contributed by atoms with Crippen LogP contribution in [0.25, 0.3) is 0 Å². The summed E-state index contributed by atoms with van der Waals surface area (Å²) in [5.41, 5.74) is -0.538. The van der Waals surface area contributed by atoms with E-state index in [0.29, 0.717) is 0 Å². The van der Waals surface area contributed by atoms with Gasteiger partial charge in [-0.2, -0.15) is 8.62 Å². The van der Waals surface area contributed by atoms with E-state index in [0.717, 1.165) is 16.8 Å². The highest BCUT2D eigenvalue weighted by Crippen LogP contribution is 2.66. The lowest BCUT2D eigenvalue weighted by atomic mass is 10.1. The van der Waals surface area contributed by atoms with Gasteiger partial charge in [-0.1, -0.05) is 0 Å². The monoisotopic (exact) mass is 500 g/mol. The molecule has 1 aromatic rings. The highest BCUT2D eigenvalue weighted by Gasteiger charge is 2.46. The molecule has 6 atom stereocenters. The first-order valence-corrected chi connectivity index (χ1v) is 12.1. The third kappa shape index (κ3) is 6.95. The largest absolute Gasteiger partial charge is 0.490 e. The number of aromatic amines is 1. The average molecular weight is 500 g/mol. The molecule has 7 N–H and O–H groups in total. The lowest BCUT2D eigenvalue weighted by Gasteiger charge is -2.19. The minimum atomic E-state index is -5.70. The van der Waals surface area contributed by atoms with Crippen LogP contribution in [0.5, 0.6) is 0 Å². The van der Waals surface area contributed by atoms with Crippen molar-refractivity contribution in [3.05, 3.63) is 27.4 Å². The Bertz CT molecular complexity index is 1000. The van der Waals surface area contributed by atoms with Crippen LogP contribution >= 0.6 is 35.7 Å². The molecule has 1 aliphatic rings. The summed E-state index contributed by atoms with van der Waals surface area (Å²) in [6.45, 7) is -0.977. The van der Waals surface area contributed by atoms with Gasteiger partial charge >= 0.3 is 23.5 Å². The minimum Gasteiger partial charge on any atom is -0.387 e. The molecule has 0 spiro atoms. The van der Waals surface area contributed by atoms with E-state index in [1.54, 1.807) is 0 Å². The molecular weight excluding hydrogens is 485 g/mol. The minimum absolute atomic E-state index is 0.165. The summed E-state index contributed by atoms with van der Waals surface area (Å²) >= 11 is 4.90. The maximum atomic E-state index is 11.7. The first kappa shape index (κ1) is 24.7. The van der Waals surface area contributed by atoms with E-state index in [9.17, 15) is 33.6 Å². The topological polar surface area (TPSA) is 247 Å². The second-order valence-electron chi connectivity index (χ2n) is 5.45. The summed E-state index contributed by atoms with van der Waals surface area (Å²) in [5, 5.41) is 20.1. The SMILES string of the molecule is O=c1ccn(C2OC(COP(=O)(O)OP(=O)(O)OP(=O)(O)O)C(O)C2O)c(=S)[nH]1. The lowest BCUT2D eigenvalue weighted by Crippen LogP contribution is -2.34. The molecule has 0 aromatic carbocycles. The van der Waals surface area contributed by atoms with Crippen LogP contribution in [0.3, 0.4) is 0 Å². The van der Waals surface area contributed by atoms with Gasteiger partial charge in [0.05, 0.1) is 6.61 Å². The predicted octanol–water partition coefficient (Wildman–Crippen LogP) is -1.13. The maximum absolute atomic E-state index is 11.7. The Morgan fingerprint density at radius 3 is 2.28 bits per heavy atom. The quantitative estimate of drug-likeness (QED) is 0.165. The van der Waals surface area contributed by atoms with Gasteiger partial charge in [-0.3, -0.25) is 18.9 Å².